The summed E-state index contributed by atoms with van der Waals surface area (Å²) in [7, 11) is 0. The predicted octanol–water partition coefficient (Wildman–Crippen LogP) is 3.75. The number of hydrogen-bond acceptors (Lipinski definition) is 8. The Morgan fingerprint density at radius 1 is 0.839 bits per heavy atom. The normalized spacial score (nSPS) is 10.8. The molecule has 2 rings (SSSR count). The number of carbonyl (C=O) groups excluding carboxylic acids is 3. The molecule has 0 unspecified atom stereocenters. The average Bonchev–Trinajstić information content (AvgIpc) is 2.75. The van der Waals surface area contributed by atoms with Crippen LogP contribution in [-0.2, 0) is 35.0 Å². The van der Waals surface area contributed by atoms with Crippen LogP contribution in [0.25, 0.3) is 0 Å². The van der Waals surface area contributed by atoms with Gasteiger partial charge in [0.1, 0.15) is 5.75 Å². The maximum atomic E-state index is 12.8. The van der Waals surface area contributed by atoms with Crippen LogP contribution in [0.4, 0.5) is 0 Å². The molecule has 31 heavy (non-hydrogen) atoms. The lowest BCUT2D eigenvalue weighted by Gasteiger charge is -2.27. The molecule has 9 heteroatoms. The number of nitrogens with zero attached hydrogens (tertiary/aromatic N) is 1. The predicted molar refractivity (Wildman–Crippen MR) is 112 cm³/mol. The molecule has 0 N–H and O–H groups in total. The zero-order valence-corrected chi connectivity index (χ0v) is 18.3. The number of hydrogen-bond donors (Lipinski definition) is 0. The van der Waals surface area contributed by atoms with Gasteiger partial charge in [0.05, 0.1) is 24.8 Å². The van der Waals surface area contributed by atoms with Crippen LogP contribution in [0.5, 0.6) is 11.6 Å². The topological polar surface area (TPSA) is 101 Å². The molecule has 0 saturated heterocycles. The summed E-state index contributed by atoms with van der Waals surface area (Å²) < 4.78 is 20.8. The molecule has 0 bridgehead atoms. The summed E-state index contributed by atoms with van der Waals surface area (Å²) in [6, 6.07) is 9.75. The van der Waals surface area contributed by atoms with Gasteiger partial charge < -0.3 is 18.9 Å². The Kier molecular flexibility index (Phi) is 8.81. The zero-order valence-electron chi connectivity index (χ0n) is 17.6. The Morgan fingerprint density at radius 3 is 1.77 bits per heavy atom. The molecule has 0 saturated carbocycles. The van der Waals surface area contributed by atoms with Crippen LogP contribution in [0.3, 0.4) is 0 Å². The Bertz CT molecular complexity index is 852. The number of aromatic nitrogens is 1. The van der Waals surface area contributed by atoms with Gasteiger partial charge in [-0.15, -0.1) is 0 Å². The van der Waals surface area contributed by atoms with E-state index in [0.29, 0.717) is 22.2 Å². The quantitative estimate of drug-likeness (QED) is 0.307. The van der Waals surface area contributed by atoms with Gasteiger partial charge in [-0.05, 0) is 44.5 Å². The van der Waals surface area contributed by atoms with Gasteiger partial charge in [0.15, 0.2) is 0 Å². The minimum atomic E-state index is -2.26. The van der Waals surface area contributed by atoms with Crippen molar-refractivity contribution in [2.75, 3.05) is 19.8 Å². The van der Waals surface area contributed by atoms with Gasteiger partial charge in [-0.25, -0.2) is 4.98 Å². The van der Waals surface area contributed by atoms with Crippen molar-refractivity contribution in [3.05, 3.63) is 53.2 Å². The Hall–Kier alpha value is -3.13. The molecule has 2 aromatic rings. The van der Waals surface area contributed by atoms with E-state index in [-0.39, 0.29) is 26.2 Å². The van der Waals surface area contributed by atoms with Gasteiger partial charge in [0.25, 0.3) is 5.41 Å². The lowest BCUT2D eigenvalue weighted by Crippen LogP contribution is -2.51. The van der Waals surface area contributed by atoms with Crippen molar-refractivity contribution < 1.29 is 33.3 Å². The minimum Gasteiger partial charge on any atom is -0.465 e. The summed E-state index contributed by atoms with van der Waals surface area (Å²) in [6.45, 7) is 4.70. The smallest absolute Gasteiger partial charge is 0.335 e. The van der Waals surface area contributed by atoms with Crippen LogP contribution in [0, 0.1) is 5.41 Å². The van der Waals surface area contributed by atoms with Gasteiger partial charge in [-0.2, -0.15) is 0 Å². The first-order valence-corrected chi connectivity index (χ1v) is 10.1. The van der Waals surface area contributed by atoms with Gasteiger partial charge in [-0.1, -0.05) is 23.7 Å². The van der Waals surface area contributed by atoms with Crippen LogP contribution >= 0.6 is 11.6 Å². The molecule has 0 aliphatic heterocycles. The van der Waals surface area contributed by atoms with Crippen LogP contribution in [-0.4, -0.2) is 42.7 Å². The highest BCUT2D eigenvalue weighted by Gasteiger charge is 2.57. The van der Waals surface area contributed by atoms with E-state index >= 15 is 0 Å². The first-order valence-electron chi connectivity index (χ1n) is 9.77. The van der Waals surface area contributed by atoms with E-state index in [1.165, 1.54) is 6.20 Å². The largest absolute Gasteiger partial charge is 0.465 e. The SMILES string of the molecule is CCOC(=O)C(Cc1ccc(Oc2ccc(Cl)cn2)cc1)(C(=O)OCC)C(=O)OCC. The maximum Gasteiger partial charge on any atom is 0.335 e. The number of benzene rings is 1. The molecule has 0 radical (unpaired) electrons. The van der Waals surface area contributed by atoms with Crippen molar-refractivity contribution in [3.8, 4) is 11.6 Å². The third kappa shape index (κ3) is 5.95. The van der Waals surface area contributed by atoms with E-state index in [1.807, 2.05) is 0 Å². The molecule has 0 spiro atoms. The summed E-state index contributed by atoms with van der Waals surface area (Å²) in [5.74, 6) is -2.24. The number of ether oxygens (including phenoxy) is 4. The van der Waals surface area contributed by atoms with Crippen molar-refractivity contribution >= 4 is 29.5 Å². The number of pyridine rings is 1. The van der Waals surface area contributed by atoms with Crippen LogP contribution in [0.15, 0.2) is 42.6 Å². The van der Waals surface area contributed by atoms with Crippen molar-refractivity contribution in [3.63, 3.8) is 0 Å². The summed E-state index contributed by atoms with van der Waals surface area (Å²) in [6.07, 6.45) is 1.17. The monoisotopic (exact) mass is 449 g/mol. The molecular formula is C22H24ClNO7. The van der Waals surface area contributed by atoms with Crippen molar-refractivity contribution in [1.29, 1.82) is 0 Å². The highest BCUT2D eigenvalue weighted by atomic mass is 35.5. The number of esters is 3. The fraction of sp³-hybridized carbons (Fsp3) is 0.364. The zero-order chi connectivity index (χ0) is 22.9. The highest BCUT2D eigenvalue weighted by Crippen LogP contribution is 2.31. The average molecular weight is 450 g/mol. The molecule has 166 valence electrons. The Balaban J connectivity index is 2.33. The van der Waals surface area contributed by atoms with Crippen molar-refractivity contribution in [2.45, 2.75) is 27.2 Å². The molecule has 1 aromatic carbocycles. The first kappa shape index (κ1) is 24.1. The van der Waals surface area contributed by atoms with E-state index in [1.54, 1.807) is 57.2 Å². The molecule has 8 nitrogen and oxygen atoms in total. The van der Waals surface area contributed by atoms with Gasteiger partial charge >= 0.3 is 17.9 Å². The summed E-state index contributed by atoms with van der Waals surface area (Å²) in [4.78, 5) is 42.4. The van der Waals surface area contributed by atoms with Crippen molar-refractivity contribution in [2.24, 2.45) is 5.41 Å². The second kappa shape index (κ2) is 11.3. The van der Waals surface area contributed by atoms with E-state index in [0.717, 1.165) is 0 Å². The summed E-state index contributed by atoms with van der Waals surface area (Å²) in [5, 5.41) is 0.482. The third-order valence-corrected chi connectivity index (χ3v) is 4.41. The fourth-order valence-electron chi connectivity index (χ4n) is 2.75. The molecular weight excluding hydrogens is 426 g/mol. The third-order valence-electron chi connectivity index (χ3n) is 4.19. The Labute approximate surface area is 185 Å². The Morgan fingerprint density at radius 2 is 1.35 bits per heavy atom. The minimum absolute atomic E-state index is 0.0136. The maximum absolute atomic E-state index is 12.8. The molecule has 0 aliphatic carbocycles. The second-order valence-electron chi connectivity index (χ2n) is 6.30. The van der Waals surface area contributed by atoms with E-state index in [2.05, 4.69) is 4.98 Å². The fourth-order valence-corrected chi connectivity index (χ4v) is 2.87. The molecule has 0 fully saturated rings. The van der Waals surface area contributed by atoms with Gasteiger partial charge in [0, 0.05) is 18.7 Å². The molecule has 1 heterocycles. The van der Waals surface area contributed by atoms with E-state index in [4.69, 9.17) is 30.5 Å². The van der Waals surface area contributed by atoms with Gasteiger partial charge in [0.2, 0.25) is 5.88 Å². The second-order valence-corrected chi connectivity index (χ2v) is 6.74. The number of halogens is 1. The summed E-state index contributed by atoms with van der Waals surface area (Å²) in [5.41, 5.74) is -1.76. The molecule has 0 aliphatic rings. The lowest BCUT2D eigenvalue weighted by molar-refractivity contribution is -0.183. The highest BCUT2D eigenvalue weighted by molar-refractivity contribution is 6.30. The van der Waals surface area contributed by atoms with E-state index in [9.17, 15) is 14.4 Å². The molecule has 1 aromatic heterocycles. The van der Waals surface area contributed by atoms with Crippen LogP contribution in [0.2, 0.25) is 5.02 Å². The first-order chi connectivity index (χ1) is 14.9. The van der Waals surface area contributed by atoms with Crippen LogP contribution in [0.1, 0.15) is 26.3 Å². The van der Waals surface area contributed by atoms with Crippen molar-refractivity contribution in [1.82, 2.24) is 4.98 Å². The lowest BCUT2D eigenvalue weighted by atomic mass is 9.81. The van der Waals surface area contributed by atoms with E-state index < -0.39 is 23.3 Å². The molecule has 0 amide bonds. The van der Waals surface area contributed by atoms with Crippen LogP contribution < -0.4 is 4.74 Å². The van der Waals surface area contributed by atoms with Gasteiger partial charge in [-0.3, -0.25) is 14.4 Å². The summed E-state index contributed by atoms with van der Waals surface area (Å²) >= 11 is 5.81. The molecule has 0 atom stereocenters. The standard InChI is InChI=1S/C22H24ClNO7/c1-4-28-19(25)22(20(26)29-5-2,21(27)30-6-3)13-15-7-10-17(11-8-15)31-18-12-9-16(23)14-24-18/h7-12,14H,4-6,13H2,1-3H3. The number of rotatable bonds is 10. The number of carbonyl (C=O) groups is 3.